The number of rotatable bonds is 1. The number of hydrogen-bond acceptors (Lipinski definition) is 3. The van der Waals surface area contributed by atoms with Gasteiger partial charge in [-0.25, -0.2) is 0 Å². The molecule has 0 spiro atoms. The highest BCUT2D eigenvalue weighted by Crippen LogP contribution is 2.35. The quantitative estimate of drug-likeness (QED) is 0.483. The standard InChI is InChI=1S/C9H6O2S/c10-5-8-9(11)6-3-1-2-4-7(6)12-8/h1-5,8H. The molecule has 0 N–H and O–H groups in total. The van der Waals surface area contributed by atoms with Gasteiger partial charge in [-0.3, -0.25) is 4.79 Å². The topological polar surface area (TPSA) is 34.1 Å². The van der Waals surface area contributed by atoms with Crippen LogP contribution >= 0.6 is 11.8 Å². The number of hydrogen-bond donors (Lipinski definition) is 0. The maximum Gasteiger partial charge on any atom is 0.184 e. The third-order valence-corrected chi connectivity index (χ3v) is 2.98. The molecule has 0 saturated carbocycles. The first-order valence-corrected chi connectivity index (χ1v) is 4.46. The van der Waals surface area contributed by atoms with Gasteiger partial charge in [0.15, 0.2) is 5.78 Å². The van der Waals surface area contributed by atoms with Gasteiger partial charge in [-0.1, -0.05) is 18.2 Å². The summed E-state index contributed by atoms with van der Waals surface area (Å²) in [5.74, 6) is -0.0643. The Bertz CT molecular complexity index is 346. The van der Waals surface area contributed by atoms with E-state index in [1.54, 1.807) is 6.07 Å². The Kier molecular flexibility index (Phi) is 1.73. The number of aldehydes is 1. The number of fused-ring (bicyclic) bond motifs is 1. The van der Waals surface area contributed by atoms with Crippen LogP contribution in [-0.2, 0) is 4.79 Å². The Balaban J connectivity index is 2.49. The van der Waals surface area contributed by atoms with E-state index in [1.165, 1.54) is 11.8 Å². The molecular formula is C9H6O2S. The van der Waals surface area contributed by atoms with Gasteiger partial charge >= 0.3 is 0 Å². The summed E-state index contributed by atoms with van der Waals surface area (Å²) in [6, 6.07) is 7.30. The smallest absolute Gasteiger partial charge is 0.184 e. The van der Waals surface area contributed by atoms with Crippen molar-refractivity contribution in [1.29, 1.82) is 0 Å². The van der Waals surface area contributed by atoms with Crippen LogP contribution in [0.2, 0.25) is 0 Å². The fraction of sp³-hybridized carbons (Fsp3) is 0.111. The first kappa shape index (κ1) is 7.55. The Morgan fingerprint density at radius 2 is 2.08 bits per heavy atom. The molecule has 3 heteroatoms. The molecule has 12 heavy (non-hydrogen) atoms. The summed E-state index contributed by atoms with van der Waals surface area (Å²) in [4.78, 5) is 22.7. The lowest BCUT2D eigenvalue weighted by atomic mass is 10.1. The summed E-state index contributed by atoms with van der Waals surface area (Å²) in [5, 5.41) is -0.512. The minimum atomic E-state index is -0.512. The Hall–Kier alpha value is -1.09. The average molecular weight is 178 g/mol. The van der Waals surface area contributed by atoms with Crippen molar-refractivity contribution in [2.75, 3.05) is 0 Å². The highest BCUT2D eigenvalue weighted by molar-refractivity contribution is 8.02. The van der Waals surface area contributed by atoms with Crippen molar-refractivity contribution in [3.8, 4) is 0 Å². The molecule has 1 aliphatic rings. The molecule has 2 nitrogen and oxygen atoms in total. The predicted molar refractivity (Wildman–Crippen MR) is 46.5 cm³/mol. The van der Waals surface area contributed by atoms with Gasteiger partial charge < -0.3 is 4.79 Å². The zero-order valence-corrected chi connectivity index (χ0v) is 7.01. The minimum Gasteiger partial charge on any atom is -0.302 e. The van der Waals surface area contributed by atoms with Crippen LogP contribution < -0.4 is 0 Å². The first-order valence-electron chi connectivity index (χ1n) is 3.58. The monoisotopic (exact) mass is 178 g/mol. The van der Waals surface area contributed by atoms with E-state index in [0.717, 1.165) is 4.90 Å². The highest BCUT2D eigenvalue weighted by atomic mass is 32.2. The lowest BCUT2D eigenvalue weighted by molar-refractivity contribution is -0.106. The molecule has 1 atom stereocenters. The Labute approximate surface area is 74.0 Å². The van der Waals surface area contributed by atoms with E-state index in [1.807, 2.05) is 18.2 Å². The van der Waals surface area contributed by atoms with Gasteiger partial charge in [0.2, 0.25) is 0 Å². The Morgan fingerprint density at radius 3 is 2.75 bits per heavy atom. The normalized spacial score (nSPS) is 20.7. The molecule has 0 amide bonds. The number of carbonyl (C=O) groups excluding carboxylic acids is 2. The summed E-state index contributed by atoms with van der Waals surface area (Å²) >= 11 is 1.33. The second-order valence-corrected chi connectivity index (χ2v) is 3.72. The molecule has 0 saturated heterocycles. The molecule has 60 valence electrons. The summed E-state index contributed by atoms with van der Waals surface area (Å²) in [6.45, 7) is 0. The van der Waals surface area contributed by atoms with Crippen LogP contribution in [0.15, 0.2) is 29.2 Å². The number of Topliss-reactive ketones (excluding diaryl/α,β-unsaturated/α-hetero) is 1. The highest BCUT2D eigenvalue weighted by Gasteiger charge is 2.30. The van der Waals surface area contributed by atoms with Crippen molar-refractivity contribution >= 4 is 23.8 Å². The van der Waals surface area contributed by atoms with E-state index in [4.69, 9.17) is 0 Å². The third-order valence-electron chi connectivity index (χ3n) is 1.79. The maximum absolute atomic E-state index is 11.4. The SMILES string of the molecule is O=CC1Sc2ccccc2C1=O. The molecule has 1 aromatic rings. The lowest BCUT2D eigenvalue weighted by Gasteiger charge is -1.91. The van der Waals surface area contributed by atoms with E-state index in [-0.39, 0.29) is 5.78 Å². The lowest BCUT2D eigenvalue weighted by Crippen LogP contribution is -2.12. The average Bonchev–Trinajstić information content (AvgIpc) is 2.44. The van der Waals surface area contributed by atoms with Gasteiger partial charge in [-0.05, 0) is 6.07 Å². The largest absolute Gasteiger partial charge is 0.302 e. The van der Waals surface area contributed by atoms with Crippen LogP contribution in [0, 0.1) is 0 Å². The van der Waals surface area contributed by atoms with E-state index < -0.39 is 5.25 Å². The first-order chi connectivity index (χ1) is 5.83. The zero-order valence-electron chi connectivity index (χ0n) is 6.19. The molecule has 0 aromatic heterocycles. The molecule has 0 radical (unpaired) electrons. The van der Waals surface area contributed by atoms with Crippen molar-refractivity contribution in [2.24, 2.45) is 0 Å². The third kappa shape index (κ3) is 0.975. The van der Waals surface area contributed by atoms with Gasteiger partial charge in [0.25, 0.3) is 0 Å². The van der Waals surface area contributed by atoms with Gasteiger partial charge in [0.05, 0.1) is 0 Å². The second kappa shape index (κ2) is 2.75. The van der Waals surface area contributed by atoms with Crippen molar-refractivity contribution in [3.63, 3.8) is 0 Å². The molecule has 0 aliphatic carbocycles. The van der Waals surface area contributed by atoms with Crippen LogP contribution in [0.25, 0.3) is 0 Å². The number of ketones is 1. The van der Waals surface area contributed by atoms with Crippen molar-refractivity contribution < 1.29 is 9.59 Å². The van der Waals surface area contributed by atoms with E-state index in [2.05, 4.69) is 0 Å². The minimum absolute atomic E-state index is 0.0643. The molecule has 1 heterocycles. The predicted octanol–water partition coefficient (Wildman–Crippen LogP) is 1.54. The van der Waals surface area contributed by atoms with Crippen molar-refractivity contribution in [3.05, 3.63) is 29.8 Å². The number of carbonyl (C=O) groups is 2. The molecule has 1 aliphatic heterocycles. The molecule has 1 aromatic carbocycles. The van der Waals surface area contributed by atoms with Crippen molar-refractivity contribution in [1.82, 2.24) is 0 Å². The molecule has 2 rings (SSSR count). The van der Waals surface area contributed by atoms with Crippen LogP contribution in [0.4, 0.5) is 0 Å². The fourth-order valence-electron chi connectivity index (χ4n) is 1.21. The molecule has 0 fully saturated rings. The zero-order chi connectivity index (χ0) is 8.55. The van der Waals surface area contributed by atoms with Gasteiger partial charge in [0.1, 0.15) is 11.5 Å². The van der Waals surface area contributed by atoms with Crippen LogP contribution in [0.3, 0.4) is 0 Å². The van der Waals surface area contributed by atoms with E-state index >= 15 is 0 Å². The maximum atomic E-state index is 11.4. The van der Waals surface area contributed by atoms with E-state index in [9.17, 15) is 9.59 Å². The van der Waals surface area contributed by atoms with Crippen LogP contribution in [0.1, 0.15) is 10.4 Å². The van der Waals surface area contributed by atoms with Crippen LogP contribution in [-0.4, -0.2) is 17.3 Å². The second-order valence-electron chi connectivity index (χ2n) is 2.53. The summed E-state index contributed by atoms with van der Waals surface area (Å²) < 4.78 is 0. The van der Waals surface area contributed by atoms with Gasteiger partial charge in [-0.15, -0.1) is 11.8 Å². The van der Waals surface area contributed by atoms with Crippen LogP contribution in [0.5, 0.6) is 0 Å². The van der Waals surface area contributed by atoms with E-state index in [0.29, 0.717) is 11.8 Å². The number of benzene rings is 1. The van der Waals surface area contributed by atoms with Crippen molar-refractivity contribution in [2.45, 2.75) is 10.1 Å². The molecular weight excluding hydrogens is 172 g/mol. The Morgan fingerprint density at radius 1 is 1.33 bits per heavy atom. The summed E-state index contributed by atoms with van der Waals surface area (Å²) in [6.07, 6.45) is 0.701. The molecule has 1 unspecified atom stereocenters. The van der Waals surface area contributed by atoms with Gasteiger partial charge in [0, 0.05) is 10.5 Å². The number of thioether (sulfide) groups is 1. The fourth-order valence-corrected chi connectivity index (χ4v) is 2.22. The summed E-state index contributed by atoms with van der Waals surface area (Å²) in [7, 11) is 0. The summed E-state index contributed by atoms with van der Waals surface area (Å²) in [5.41, 5.74) is 0.680. The van der Waals surface area contributed by atoms with Gasteiger partial charge in [-0.2, -0.15) is 0 Å². The molecule has 0 bridgehead atoms.